The molecule has 0 aliphatic heterocycles. The fourth-order valence-corrected chi connectivity index (χ4v) is 1.43. The van der Waals surface area contributed by atoms with Gasteiger partial charge < -0.3 is 15.4 Å². The van der Waals surface area contributed by atoms with Crippen LogP contribution in [0.15, 0.2) is 18.2 Å². The van der Waals surface area contributed by atoms with Crippen LogP contribution >= 0.6 is 0 Å². The Morgan fingerprint density at radius 1 is 1.32 bits per heavy atom. The van der Waals surface area contributed by atoms with Crippen LogP contribution in [-0.2, 0) is 14.3 Å². The highest BCUT2D eigenvalue weighted by Crippen LogP contribution is 2.20. The highest BCUT2D eigenvalue weighted by Gasteiger charge is 2.13. The van der Waals surface area contributed by atoms with Gasteiger partial charge in [-0.25, -0.2) is 0 Å². The third-order valence-electron chi connectivity index (χ3n) is 2.82. The lowest BCUT2D eigenvalue weighted by atomic mass is 10.1. The van der Waals surface area contributed by atoms with Crippen LogP contribution in [0.4, 0.5) is 11.4 Å². The van der Waals surface area contributed by atoms with E-state index in [0.717, 1.165) is 5.56 Å². The van der Waals surface area contributed by atoms with Gasteiger partial charge in [0.2, 0.25) is 5.91 Å². The summed E-state index contributed by atoms with van der Waals surface area (Å²) in [5.74, 6) is -0.282. The maximum Gasteiger partial charge on any atom is 0.253 e. The van der Waals surface area contributed by atoms with Gasteiger partial charge in [-0.15, -0.1) is 0 Å². The SMILES string of the molecule is CCC(=O)Nc1ccc(C)c(NC(=O)C(C)OC)c1. The Balaban J connectivity index is 2.85. The lowest BCUT2D eigenvalue weighted by Gasteiger charge is -2.14. The van der Waals surface area contributed by atoms with Crippen LogP contribution in [0.3, 0.4) is 0 Å². The number of carbonyl (C=O) groups excluding carboxylic acids is 2. The molecule has 5 heteroatoms. The van der Waals surface area contributed by atoms with E-state index in [4.69, 9.17) is 4.74 Å². The molecule has 0 bridgehead atoms. The molecule has 0 radical (unpaired) electrons. The van der Waals surface area contributed by atoms with E-state index in [1.165, 1.54) is 7.11 Å². The first-order chi connectivity index (χ1) is 8.97. The quantitative estimate of drug-likeness (QED) is 0.857. The zero-order chi connectivity index (χ0) is 14.4. The Morgan fingerprint density at radius 3 is 2.58 bits per heavy atom. The largest absolute Gasteiger partial charge is 0.372 e. The molecule has 104 valence electrons. The fraction of sp³-hybridized carbons (Fsp3) is 0.429. The molecule has 1 unspecified atom stereocenters. The summed E-state index contributed by atoms with van der Waals surface area (Å²) >= 11 is 0. The molecule has 5 nitrogen and oxygen atoms in total. The first-order valence-corrected chi connectivity index (χ1v) is 6.22. The highest BCUT2D eigenvalue weighted by molar-refractivity contribution is 5.96. The third kappa shape index (κ3) is 4.37. The van der Waals surface area contributed by atoms with Crippen LogP contribution < -0.4 is 10.6 Å². The lowest BCUT2D eigenvalue weighted by molar-refractivity contribution is -0.124. The summed E-state index contributed by atoms with van der Waals surface area (Å²) in [5, 5.41) is 5.53. The van der Waals surface area contributed by atoms with Crippen molar-refractivity contribution in [1.82, 2.24) is 0 Å². The summed E-state index contributed by atoms with van der Waals surface area (Å²) in [6.07, 6.45) is -0.107. The predicted octanol–water partition coefficient (Wildman–Crippen LogP) is 2.32. The van der Waals surface area contributed by atoms with Gasteiger partial charge in [-0.1, -0.05) is 13.0 Å². The molecule has 0 aromatic heterocycles. The van der Waals surface area contributed by atoms with E-state index in [0.29, 0.717) is 17.8 Å². The number of anilines is 2. The molecular weight excluding hydrogens is 244 g/mol. The van der Waals surface area contributed by atoms with E-state index in [1.807, 2.05) is 13.0 Å². The number of ether oxygens (including phenoxy) is 1. The highest BCUT2D eigenvalue weighted by atomic mass is 16.5. The first kappa shape index (κ1) is 15.2. The van der Waals surface area contributed by atoms with E-state index in [-0.39, 0.29) is 11.8 Å². The van der Waals surface area contributed by atoms with E-state index in [9.17, 15) is 9.59 Å². The second kappa shape index (κ2) is 6.89. The van der Waals surface area contributed by atoms with Gasteiger partial charge in [-0.3, -0.25) is 9.59 Å². The second-order valence-corrected chi connectivity index (χ2v) is 4.30. The molecule has 1 atom stereocenters. The first-order valence-electron chi connectivity index (χ1n) is 6.22. The van der Waals surface area contributed by atoms with Gasteiger partial charge in [0.05, 0.1) is 0 Å². The van der Waals surface area contributed by atoms with E-state index >= 15 is 0 Å². The Labute approximate surface area is 113 Å². The average Bonchev–Trinajstić information content (AvgIpc) is 2.41. The second-order valence-electron chi connectivity index (χ2n) is 4.30. The van der Waals surface area contributed by atoms with Crippen molar-refractivity contribution < 1.29 is 14.3 Å². The summed E-state index contributed by atoms with van der Waals surface area (Å²) in [5.41, 5.74) is 2.26. The number of rotatable bonds is 5. The van der Waals surface area contributed by atoms with E-state index in [1.54, 1.807) is 26.0 Å². The molecule has 0 aliphatic rings. The number of methoxy groups -OCH3 is 1. The molecule has 2 N–H and O–H groups in total. The maximum absolute atomic E-state index is 11.8. The third-order valence-corrected chi connectivity index (χ3v) is 2.82. The van der Waals surface area contributed by atoms with Crippen molar-refractivity contribution in [3.8, 4) is 0 Å². The molecule has 0 aliphatic carbocycles. The monoisotopic (exact) mass is 264 g/mol. The molecule has 0 saturated heterocycles. The van der Waals surface area contributed by atoms with E-state index in [2.05, 4.69) is 10.6 Å². The number of hydrogen-bond acceptors (Lipinski definition) is 3. The van der Waals surface area contributed by atoms with Crippen molar-refractivity contribution >= 4 is 23.2 Å². The smallest absolute Gasteiger partial charge is 0.253 e. The molecule has 19 heavy (non-hydrogen) atoms. The van der Waals surface area contributed by atoms with Gasteiger partial charge in [-0.05, 0) is 31.5 Å². The van der Waals surface area contributed by atoms with Crippen LogP contribution in [0.1, 0.15) is 25.8 Å². The minimum absolute atomic E-state index is 0.0635. The van der Waals surface area contributed by atoms with Crippen molar-refractivity contribution in [3.05, 3.63) is 23.8 Å². The van der Waals surface area contributed by atoms with Crippen molar-refractivity contribution in [2.45, 2.75) is 33.3 Å². The molecule has 0 fully saturated rings. The normalized spacial score (nSPS) is 11.8. The number of benzene rings is 1. The number of aryl methyl sites for hydroxylation is 1. The van der Waals surface area contributed by atoms with Gasteiger partial charge in [0.1, 0.15) is 6.10 Å². The number of amides is 2. The zero-order valence-corrected chi connectivity index (χ0v) is 11.7. The average molecular weight is 264 g/mol. The van der Waals surface area contributed by atoms with Crippen LogP contribution in [-0.4, -0.2) is 25.0 Å². The Kier molecular flexibility index (Phi) is 5.51. The van der Waals surface area contributed by atoms with Gasteiger partial charge >= 0.3 is 0 Å². The zero-order valence-electron chi connectivity index (χ0n) is 11.7. The molecule has 0 saturated carbocycles. The molecule has 1 aromatic rings. The van der Waals surface area contributed by atoms with Gasteiger partial charge in [-0.2, -0.15) is 0 Å². The molecule has 1 rings (SSSR count). The Bertz CT molecular complexity index is 472. The van der Waals surface area contributed by atoms with Gasteiger partial charge in [0.15, 0.2) is 0 Å². The standard InChI is InChI=1S/C14H20N2O3/c1-5-13(17)15-11-7-6-9(2)12(8-11)16-14(18)10(3)19-4/h6-8,10H,5H2,1-4H3,(H,15,17)(H,16,18). The summed E-state index contributed by atoms with van der Waals surface area (Å²) < 4.78 is 4.95. The summed E-state index contributed by atoms with van der Waals surface area (Å²) in [6, 6.07) is 5.39. The summed E-state index contributed by atoms with van der Waals surface area (Å²) in [4.78, 5) is 23.1. The fourth-order valence-electron chi connectivity index (χ4n) is 1.43. The van der Waals surface area contributed by atoms with E-state index < -0.39 is 6.10 Å². The topological polar surface area (TPSA) is 67.4 Å². The lowest BCUT2D eigenvalue weighted by Crippen LogP contribution is -2.26. The van der Waals surface area contributed by atoms with Crippen LogP contribution in [0.5, 0.6) is 0 Å². The molecule has 0 spiro atoms. The minimum atomic E-state index is -0.520. The van der Waals surface area contributed by atoms with Crippen molar-refractivity contribution in [1.29, 1.82) is 0 Å². The van der Waals surface area contributed by atoms with Crippen molar-refractivity contribution in [2.75, 3.05) is 17.7 Å². The van der Waals surface area contributed by atoms with Crippen LogP contribution in [0.25, 0.3) is 0 Å². The molecule has 2 amide bonds. The predicted molar refractivity (Wildman–Crippen MR) is 75.2 cm³/mol. The Hall–Kier alpha value is -1.88. The Morgan fingerprint density at radius 2 is 2.00 bits per heavy atom. The number of nitrogens with one attached hydrogen (secondary N) is 2. The summed E-state index contributed by atoms with van der Waals surface area (Å²) in [6.45, 7) is 5.35. The minimum Gasteiger partial charge on any atom is -0.372 e. The van der Waals surface area contributed by atoms with Crippen molar-refractivity contribution in [2.24, 2.45) is 0 Å². The van der Waals surface area contributed by atoms with Crippen LogP contribution in [0, 0.1) is 6.92 Å². The molecular formula is C14H20N2O3. The maximum atomic E-state index is 11.8. The molecule has 1 aromatic carbocycles. The van der Waals surface area contributed by atoms with Gasteiger partial charge in [0, 0.05) is 24.9 Å². The number of hydrogen-bond donors (Lipinski definition) is 2. The number of carbonyl (C=O) groups is 2. The summed E-state index contributed by atoms with van der Waals surface area (Å²) in [7, 11) is 1.48. The van der Waals surface area contributed by atoms with Crippen LogP contribution in [0.2, 0.25) is 0 Å². The van der Waals surface area contributed by atoms with Crippen molar-refractivity contribution in [3.63, 3.8) is 0 Å². The van der Waals surface area contributed by atoms with Gasteiger partial charge in [0.25, 0.3) is 5.91 Å². The molecule has 0 heterocycles.